The summed E-state index contributed by atoms with van der Waals surface area (Å²) >= 11 is 0. The molecule has 23 heavy (non-hydrogen) atoms. The van der Waals surface area contributed by atoms with Crippen molar-refractivity contribution in [1.82, 2.24) is 38.6 Å². The molecular weight excluding hydrogens is 303 g/mol. The molecule has 0 heterocycles. The number of hydrogen-bond acceptors (Lipinski definition) is 9. The van der Waals surface area contributed by atoms with Gasteiger partial charge in [-0.3, -0.25) is 5.84 Å². The fraction of sp³-hybridized carbons (Fsp3) is 0.385. The van der Waals surface area contributed by atoms with Crippen LogP contribution in [0.4, 0.5) is 4.39 Å². The van der Waals surface area contributed by atoms with E-state index in [2.05, 4.69) is 50.5 Å². The quantitative estimate of drug-likeness (QED) is 0.123. The maximum atomic E-state index is 13.3. The van der Waals surface area contributed by atoms with Crippen molar-refractivity contribution in [3.05, 3.63) is 29.6 Å². The number of rotatable bonds is 9. The third-order valence-corrected chi connectivity index (χ3v) is 2.34. The average molecular weight is 326 g/mol. The molecule has 1 unspecified atom stereocenters. The lowest BCUT2D eigenvalue weighted by atomic mass is 10.2. The molecule has 0 saturated carbocycles. The van der Waals surface area contributed by atoms with Crippen molar-refractivity contribution >= 4 is 0 Å². The molecule has 0 fully saturated rings. The Kier molecular flexibility index (Phi) is 9.07. The van der Waals surface area contributed by atoms with E-state index in [0.717, 1.165) is 0 Å². The van der Waals surface area contributed by atoms with Gasteiger partial charge in [0.15, 0.2) is 0 Å². The Bertz CT molecular complexity index is 530. The standard InChI is InChI=1S/C13H23FN8O/c1-9(2)23-13-8-12(14)7-6-11(13)5-4-10(3)16-18-20-22-21-19-17-15/h6-10,16-22H,15H2,1-3H3. The van der Waals surface area contributed by atoms with Crippen LogP contribution >= 0.6 is 0 Å². The summed E-state index contributed by atoms with van der Waals surface area (Å²) in [4.78, 5) is 0. The van der Waals surface area contributed by atoms with Crippen molar-refractivity contribution < 1.29 is 9.13 Å². The lowest BCUT2D eigenvalue weighted by molar-refractivity contribution is 0.240. The number of benzene rings is 1. The van der Waals surface area contributed by atoms with Crippen LogP contribution < -0.4 is 49.2 Å². The van der Waals surface area contributed by atoms with Gasteiger partial charge in [0, 0.05) is 6.07 Å². The minimum atomic E-state index is -0.359. The molecule has 9 N–H and O–H groups in total. The van der Waals surface area contributed by atoms with Crippen LogP contribution in [-0.4, -0.2) is 12.1 Å². The van der Waals surface area contributed by atoms with Gasteiger partial charge in [-0.25, -0.2) is 9.82 Å². The number of halogens is 1. The second kappa shape index (κ2) is 10.8. The van der Waals surface area contributed by atoms with Gasteiger partial charge in [-0.05, 0) is 32.9 Å². The lowest BCUT2D eigenvalue weighted by Gasteiger charge is -2.13. The third-order valence-electron chi connectivity index (χ3n) is 2.34. The summed E-state index contributed by atoms with van der Waals surface area (Å²) in [6.07, 6.45) is -0.0611. The molecular formula is C13H23FN8O. The monoisotopic (exact) mass is 326 g/mol. The van der Waals surface area contributed by atoms with Gasteiger partial charge in [-0.1, -0.05) is 11.8 Å². The maximum absolute atomic E-state index is 13.3. The largest absolute Gasteiger partial charge is 0.490 e. The van der Waals surface area contributed by atoms with Gasteiger partial charge in [0.2, 0.25) is 0 Å². The Morgan fingerprint density at radius 1 is 1.09 bits per heavy atom. The summed E-state index contributed by atoms with van der Waals surface area (Å²) in [7, 11) is 0. The molecule has 0 radical (unpaired) electrons. The fourth-order valence-electron chi connectivity index (χ4n) is 1.45. The van der Waals surface area contributed by atoms with Crippen LogP contribution in [0, 0.1) is 17.7 Å². The van der Waals surface area contributed by atoms with Gasteiger partial charge in [-0.2, -0.15) is 33.2 Å². The van der Waals surface area contributed by atoms with Gasteiger partial charge in [0.25, 0.3) is 0 Å². The van der Waals surface area contributed by atoms with Crippen molar-refractivity contribution in [2.45, 2.75) is 32.9 Å². The number of nitrogens with one attached hydrogen (secondary N) is 7. The average Bonchev–Trinajstić information content (AvgIpc) is 2.49. The summed E-state index contributed by atoms with van der Waals surface area (Å²) < 4.78 is 18.9. The molecule has 9 nitrogen and oxygen atoms in total. The minimum Gasteiger partial charge on any atom is -0.490 e. The molecule has 1 aromatic rings. The van der Waals surface area contributed by atoms with E-state index in [0.29, 0.717) is 11.3 Å². The van der Waals surface area contributed by atoms with Gasteiger partial charge < -0.3 is 4.74 Å². The van der Waals surface area contributed by atoms with Gasteiger partial charge in [-0.15, -0.1) is 0 Å². The van der Waals surface area contributed by atoms with Crippen molar-refractivity contribution in [1.29, 1.82) is 0 Å². The molecule has 0 aromatic heterocycles. The summed E-state index contributed by atoms with van der Waals surface area (Å²) in [5, 5.41) is 0. The molecule has 128 valence electrons. The fourth-order valence-corrected chi connectivity index (χ4v) is 1.45. The summed E-state index contributed by atoms with van der Waals surface area (Å²) in [6.45, 7) is 5.59. The molecule has 1 aromatic carbocycles. The van der Waals surface area contributed by atoms with E-state index in [9.17, 15) is 4.39 Å². The third kappa shape index (κ3) is 8.41. The van der Waals surface area contributed by atoms with Crippen molar-refractivity contribution in [2.24, 2.45) is 5.84 Å². The van der Waals surface area contributed by atoms with Crippen molar-refractivity contribution in [3.8, 4) is 17.6 Å². The summed E-state index contributed by atoms with van der Waals surface area (Å²) in [5.41, 5.74) is 18.2. The zero-order valence-electron chi connectivity index (χ0n) is 13.3. The zero-order chi connectivity index (χ0) is 17.1. The molecule has 0 saturated heterocycles. The summed E-state index contributed by atoms with van der Waals surface area (Å²) in [6, 6.07) is 4.08. The molecule has 1 rings (SSSR count). The predicted octanol–water partition coefficient (Wildman–Crippen LogP) is -1.16. The van der Waals surface area contributed by atoms with Gasteiger partial charge in [0.1, 0.15) is 11.6 Å². The first-order chi connectivity index (χ1) is 11.0. The van der Waals surface area contributed by atoms with E-state index < -0.39 is 0 Å². The Balaban J connectivity index is 2.51. The van der Waals surface area contributed by atoms with Gasteiger partial charge >= 0.3 is 0 Å². The Morgan fingerprint density at radius 3 is 2.48 bits per heavy atom. The SMILES string of the molecule is CC(C#Cc1ccc(F)cc1OC(C)C)NNNNNNNN. The lowest BCUT2D eigenvalue weighted by Crippen LogP contribution is -2.62. The smallest absolute Gasteiger partial charge is 0.138 e. The number of hydrazine groups is 7. The van der Waals surface area contributed by atoms with Crippen LogP contribution in [0.3, 0.4) is 0 Å². The predicted molar refractivity (Wildman–Crippen MR) is 84.6 cm³/mol. The first kappa shape index (κ1) is 19.2. The number of hydrogen-bond donors (Lipinski definition) is 8. The van der Waals surface area contributed by atoms with Crippen LogP contribution in [0.1, 0.15) is 26.3 Å². The first-order valence-corrected chi connectivity index (χ1v) is 6.96. The number of nitrogens with two attached hydrogens (primary N) is 1. The Hall–Kier alpha value is -1.81. The molecule has 0 amide bonds. The molecule has 0 spiro atoms. The van der Waals surface area contributed by atoms with E-state index >= 15 is 0 Å². The highest BCUT2D eigenvalue weighted by Crippen LogP contribution is 2.20. The van der Waals surface area contributed by atoms with E-state index in [-0.39, 0.29) is 18.0 Å². The van der Waals surface area contributed by atoms with E-state index in [1.807, 2.05) is 20.8 Å². The summed E-state index contributed by atoms with van der Waals surface area (Å²) in [5.74, 6) is 11.0. The molecule has 0 aliphatic heterocycles. The first-order valence-electron chi connectivity index (χ1n) is 6.96. The van der Waals surface area contributed by atoms with Crippen LogP contribution in [-0.2, 0) is 0 Å². The Morgan fingerprint density at radius 2 is 1.78 bits per heavy atom. The highest BCUT2D eigenvalue weighted by Gasteiger charge is 2.05. The highest BCUT2D eigenvalue weighted by atomic mass is 19.1. The second-order valence-corrected chi connectivity index (χ2v) is 4.71. The van der Waals surface area contributed by atoms with Crippen molar-refractivity contribution in [3.63, 3.8) is 0 Å². The van der Waals surface area contributed by atoms with Crippen LogP contribution in [0.5, 0.6) is 5.75 Å². The second-order valence-electron chi connectivity index (χ2n) is 4.71. The molecule has 0 bridgehead atoms. The van der Waals surface area contributed by atoms with Gasteiger partial charge in [0.05, 0.1) is 17.7 Å². The Labute approximate surface area is 134 Å². The van der Waals surface area contributed by atoms with Crippen LogP contribution in [0.25, 0.3) is 0 Å². The maximum Gasteiger partial charge on any atom is 0.138 e. The van der Waals surface area contributed by atoms with E-state index in [1.54, 1.807) is 6.07 Å². The normalized spacial score (nSPS) is 11.9. The molecule has 0 aliphatic rings. The topological polar surface area (TPSA) is 119 Å². The highest BCUT2D eigenvalue weighted by molar-refractivity contribution is 5.46. The van der Waals surface area contributed by atoms with E-state index in [4.69, 9.17) is 10.6 Å². The minimum absolute atomic E-state index is 0.0611. The number of ether oxygens (including phenoxy) is 1. The van der Waals surface area contributed by atoms with Crippen LogP contribution in [0.15, 0.2) is 18.2 Å². The molecule has 0 aliphatic carbocycles. The molecule has 10 heteroatoms. The molecule has 1 atom stereocenters. The zero-order valence-corrected chi connectivity index (χ0v) is 13.3. The van der Waals surface area contributed by atoms with E-state index in [1.165, 1.54) is 12.1 Å². The van der Waals surface area contributed by atoms with Crippen LogP contribution in [0.2, 0.25) is 0 Å². The van der Waals surface area contributed by atoms with Crippen molar-refractivity contribution in [2.75, 3.05) is 0 Å².